The zero-order valence-corrected chi connectivity index (χ0v) is 25.1. The Kier molecular flexibility index (Phi) is 10.7. The van der Waals surface area contributed by atoms with E-state index >= 15 is 0 Å². The van der Waals surface area contributed by atoms with Crippen LogP contribution in [-0.4, -0.2) is 73.0 Å². The van der Waals surface area contributed by atoms with E-state index in [0.717, 1.165) is 61.3 Å². The summed E-state index contributed by atoms with van der Waals surface area (Å²) >= 11 is 0. The van der Waals surface area contributed by atoms with E-state index in [0.29, 0.717) is 32.5 Å². The number of ether oxygens (including phenoxy) is 1. The minimum absolute atomic E-state index is 0.0284. The van der Waals surface area contributed by atoms with Crippen LogP contribution in [0.3, 0.4) is 0 Å². The lowest BCUT2D eigenvalue weighted by Crippen LogP contribution is -2.42. The maximum Gasteiger partial charge on any atom is 0.310 e. The van der Waals surface area contributed by atoms with Gasteiger partial charge in [-0.2, -0.15) is 0 Å². The maximum absolute atomic E-state index is 14.8. The number of carbonyl (C=O) groups excluding carboxylic acids is 3. The number of halogens is 1. The number of hydrogen-bond acceptors (Lipinski definition) is 6. The van der Waals surface area contributed by atoms with Gasteiger partial charge in [-0.05, 0) is 73.2 Å². The van der Waals surface area contributed by atoms with E-state index in [1.807, 2.05) is 54.6 Å². The summed E-state index contributed by atoms with van der Waals surface area (Å²) in [6.45, 7) is 4.59. The summed E-state index contributed by atoms with van der Waals surface area (Å²) in [5.74, 6) is -1.54. The van der Waals surface area contributed by atoms with Gasteiger partial charge in [0.1, 0.15) is 11.9 Å². The molecular weight excluding hydrogens is 559 g/mol. The molecule has 0 aliphatic carbocycles. The topological polar surface area (TPSA) is 105 Å². The van der Waals surface area contributed by atoms with Crippen LogP contribution in [0.2, 0.25) is 0 Å². The average Bonchev–Trinajstić information content (AvgIpc) is 3.03. The lowest BCUT2D eigenvalue weighted by molar-refractivity contribution is -0.150. The molecule has 8 nitrogen and oxygen atoms in total. The number of carbonyl (C=O) groups is 3. The van der Waals surface area contributed by atoms with Crippen molar-refractivity contribution in [3.05, 3.63) is 95.3 Å². The Morgan fingerprint density at radius 3 is 2.25 bits per heavy atom. The lowest BCUT2D eigenvalue weighted by Gasteiger charge is -2.31. The summed E-state index contributed by atoms with van der Waals surface area (Å²) < 4.78 is 20.6. The summed E-state index contributed by atoms with van der Waals surface area (Å²) in [7, 11) is 0. The van der Waals surface area contributed by atoms with Crippen LogP contribution in [0.25, 0.3) is 11.1 Å². The van der Waals surface area contributed by atoms with Gasteiger partial charge in [-0.3, -0.25) is 19.3 Å². The van der Waals surface area contributed by atoms with Gasteiger partial charge < -0.3 is 20.7 Å². The highest BCUT2D eigenvalue weighted by atomic mass is 19.1. The molecule has 3 aromatic carbocycles. The van der Waals surface area contributed by atoms with Crippen molar-refractivity contribution in [1.82, 2.24) is 15.1 Å². The molecule has 9 heteroatoms. The molecule has 2 heterocycles. The van der Waals surface area contributed by atoms with Crippen LogP contribution >= 0.6 is 0 Å². The van der Waals surface area contributed by atoms with Crippen molar-refractivity contribution in [2.24, 2.45) is 11.7 Å². The zero-order valence-electron chi connectivity index (χ0n) is 25.1. The highest BCUT2D eigenvalue weighted by molar-refractivity contribution is 5.94. The Morgan fingerprint density at radius 1 is 0.864 bits per heavy atom. The Hall–Kier alpha value is -4.08. The van der Waals surface area contributed by atoms with Crippen LogP contribution in [0.5, 0.6) is 0 Å². The van der Waals surface area contributed by atoms with Crippen molar-refractivity contribution in [2.45, 2.75) is 44.8 Å². The molecule has 3 aromatic rings. The van der Waals surface area contributed by atoms with Gasteiger partial charge >= 0.3 is 5.97 Å². The van der Waals surface area contributed by atoms with E-state index in [1.165, 1.54) is 12.1 Å². The first-order valence-corrected chi connectivity index (χ1v) is 15.5. The zero-order chi connectivity index (χ0) is 30.9. The van der Waals surface area contributed by atoms with Crippen molar-refractivity contribution in [2.75, 3.05) is 39.3 Å². The van der Waals surface area contributed by atoms with Crippen LogP contribution in [0.15, 0.2) is 72.8 Å². The number of hydrogen-bond donors (Lipinski definition) is 2. The van der Waals surface area contributed by atoms with E-state index < -0.39 is 11.7 Å². The number of likely N-dealkylation sites (tertiary alicyclic amines) is 2. The van der Waals surface area contributed by atoms with Gasteiger partial charge in [-0.25, -0.2) is 4.39 Å². The summed E-state index contributed by atoms with van der Waals surface area (Å²) in [5.41, 5.74) is 9.29. The molecule has 0 aromatic heterocycles. The fourth-order valence-corrected chi connectivity index (χ4v) is 6.11. The van der Waals surface area contributed by atoms with E-state index in [-0.39, 0.29) is 35.9 Å². The van der Waals surface area contributed by atoms with E-state index in [1.54, 1.807) is 6.07 Å². The number of piperidine rings is 2. The summed E-state index contributed by atoms with van der Waals surface area (Å²) in [4.78, 5) is 41.2. The minimum Gasteiger partial charge on any atom is -0.462 e. The van der Waals surface area contributed by atoms with Crippen molar-refractivity contribution in [1.29, 1.82) is 0 Å². The normalized spacial score (nSPS) is 16.8. The van der Waals surface area contributed by atoms with Crippen LogP contribution < -0.4 is 11.1 Å². The van der Waals surface area contributed by atoms with Gasteiger partial charge in [-0.1, -0.05) is 60.7 Å². The second-order valence-electron chi connectivity index (χ2n) is 11.8. The fourth-order valence-electron chi connectivity index (χ4n) is 6.11. The van der Waals surface area contributed by atoms with Gasteiger partial charge in [0.05, 0.1) is 12.0 Å². The number of nitrogens with two attached hydrogens (primary N) is 1. The molecule has 0 unspecified atom stereocenters. The van der Waals surface area contributed by atoms with Crippen LogP contribution in [-0.2, 0) is 27.3 Å². The smallest absolute Gasteiger partial charge is 0.310 e. The molecule has 0 radical (unpaired) electrons. The van der Waals surface area contributed by atoms with Crippen LogP contribution in [0.1, 0.15) is 47.2 Å². The highest BCUT2D eigenvalue weighted by Crippen LogP contribution is 2.25. The molecule has 2 fully saturated rings. The minimum atomic E-state index is -0.541. The molecule has 44 heavy (non-hydrogen) atoms. The van der Waals surface area contributed by atoms with E-state index in [2.05, 4.69) is 15.1 Å². The van der Waals surface area contributed by atoms with Crippen molar-refractivity contribution >= 4 is 17.8 Å². The maximum atomic E-state index is 14.8. The predicted molar refractivity (Wildman–Crippen MR) is 167 cm³/mol. The second-order valence-corrected chi connectivity index (χ2v) is 11.8. The molecular formula is C35H41FN4O4. The molecule has 0 saturated carbocycles. The Morgan fingerprint density at radius 2 is 1.55 bits per heavy atom. The van der Waals surface area contributed by atoms with Gasteiger partial charge in [-0.15, -0.1) is 0 Å². The second kappa shape index (κ2) is 15.1. The molecule has 2 amide bonds. The molecule has 0 atom stereocenters. The first-order valence-electron chi connectivity index (χ1n) is 15.5. The Balaban J connectivity index is 1.01. The molecule has 0 spiro atoms. The van der Waals surface area contributed by atoms with Gasteiger partial charge in [0.15, 0.2) is 0 Å². The van der Waals surface area contributed by atoms with Crippen LogP contribution in [0.4, 0.5) is 4.39 Å². The number of nitrogens with zero attached hydrogens (tertiary/aromatic N) is 2. The monoisotopic (exact) mass is 600 g/mol. The Bertz CT molecular complexity index is 1430. The molecule has 5 rings (SSSR count). The molecule has 2 saturated heterocycles. The summed E-state index contributed by atoms with van der Waals surface area (Å²) in [5, 5.41) is 2.83. The molecule has 0 bridgehead atoms. The van der Waals surface area contributed by atoms with Crippen LogP contribution in [0, 0.1) is 11.7 Å². The third-order valence-electron chi connectivity index (χ3n) is 8.66. The number of rotatable bonds is 11. The van der Waals surface area contributed by atoms with Gasteiger partial charge in [0.2, 0.25) is 5.91 Å². The third kappa shape index (κ3) is 8.51. The summed E-state index contributed by atoms with van der Waals surface area (Å²) in [6, 6.07) is 22.7. The number of amides is 2. The van der Waals surface area contributed by atoms with Crippen molar-refractivity contribution < 1.29 is 23.5 Å². The lowest BCUT2D eigenvalue weighted by atomic mass is 9.96. The van der Waals surface area contributed by atoms with Crippen molar-refractivity contribution in [3.63, 3.8) is 0 Å². The number of primary amides is 1. The molecule has 2 aliphatic heterocycles. The predicted octanol–water partition coefficient (Wildman–Crippen LogP) is 4.17. The number of nitrogens with one attached hydrogen (secondary N) is 1. The van der Waals surface area contributed by atoms with E-state index in [4.69, 9.17) is 10.5 Å². The largest absolute Gasteiger partial charge is 0.462 e. The number of benzene rings is 3. The van der Waals surface area contributed by atoms with Crippen molar-refractivity contribution in [3.8, 4) is 11.1 Å². The molecule has 3 N–H and O–H groups in total. The summed E-state index contributed by atoms with van der Waals surface area (Å²) in [6.07, 6.45) is 2.99. The number of esters is 1. The van der Waals surface area contributed by atoms with E-state index in [9.17, 15) is 18.8 Å². The first kappa shape index (κ1) is 31.3. The molecule has 232 valence electrons. The first-order chi connectivity index (χ1) is 21.4. The SMILES string of the molecule is NC(=O)C1CCN(Cc2ccc(C(=O)NCCN3CCC(OC(=O)Cc4ccccc4-c4ccccc4)CC3)c(F)c2)CC1. The molecule has 2 aliphatic rings. The average molecular weight is 601 g/mol. The van der Waals surface area contributed by atoms with Gasteiger partial charge in [0, 0.05) is 38.6 Å². The highest BCUT2D eigenvalue weighted by Gasteiger charge is 2.25. The Labute approximate surface area is 258 Å². The van der Waals surface area contributed by atoms with Gasteiger partial charge in [0.25, 0.3) is 5.91 Å². The third-order valence-corrected chi connectivity index (χ3v) is 8.66. The standard InChI is InChI=1S/C35H41FN4O4/c36-32-22-25(24-40-17-12-27(13-18-40)34(37)42)10-11-31(32)35(43)38-16-21-39-19-14-29(15-20-39)44-33(41)23-28-8-4-5-9-30(28)26-6-2-1-3-7-26/h1-11,22,27,29H,12-21,23-24H2,(H2,37,42)(H,38,43). The quantitative estimate of drug-likeness (QED) is 0.320. The fraction of sp³-hybridized carbons (Fsp3) is 0.400.